The van der Waals surface area contributed by atoms with Crippen LogP contribution in [0.2, 0.25) is 5.02 Å². The summed E-state index contributed by atoms with van der Waals surface area (Å²) in [5.74, 6) is 0.311. The summed E-state index contributed by atoms with van der Waals surface area (Å²) in [6, 6.07) is 9.23. The number of benzene rings is 2. The molecule has 0 spiro atoms. The molecular weight excluding hydrogens is 636 g/mol. The Labute approximate surface area is 286 Å². The number of methoxy groups -OCH3 is 2. The summed E-state index contributed by atoms with van der Waals surface area (Å²) in [6.07, 6.45) is 8.18. The van der Waals surface area contributed by atoms with Crippen LogP contribution in [0.5, 0.6) is 11.5 Å². The number of carbonyl (C=O) groups excluding carboxylic acids is 1. The molecule has 9 nitrogen and oxygen atoms in total. The maximum atomic E-state index is 13.7. The number of anilines is 1. The Balaban J connectivity index is 0.000000930. The summed E-state index contributed by atoms with van der Waals surface area (Å²) in [7, 11) is 3.15. The summed E-state index contributed by atoms with van der Waals surface area (Å²) in [4.78, 5) is 31.4. The number of halogens is 1. The second-order valence-electron chi connectivity index (χ2n) is 12.0. The van der Waals surface area contributed by atoms with Crippen LogP contribution in [0.1, 0.15) is 78.9 Å². The minimum atomic E-state index is -1.02. The van der Waals surface area contributed by atoms with Crippen molar-refractivity contribution >= 4 is 50.8 Å². The Kier molecular flexibility index (Phi) is 13.1. The van der Waals surface area contributed by atoms with Crippen LogP contribution in [-0.4, -0.2) is 53.8 Å². The molecule has 47 heavy (non-hydrogen) atoms. The van der Waals surface area contributed by atoms with Crippen molar-refractivity contribution in [2.75, 3.05) is 32.6 Å². The number of carboxylic acid groups (broad SMARTS) is 1. The molecule has 254 valence electrons. The van der Waals surface area contributed by atoms with Gasteiger partial charge in [0.05, 0.1) is 30.5 Å². The molecule has 1 aliphatic carbocycles. The smallest absolute Gasteiger partial charge is 0.323 e. The van der Waals surface area contributed by atoms with Crippen molar-refractivity contribution in [2.45, 2.75) is 79.2 Å². The Morgan fingerprint density at radius 3 is 2.34 bits per heavy atom. The zero-order valence-electron chi connectivity index (χ0n) is 28.3. The summed E-state index contributed by atoms with van der Waals surface area (Å²) in [6.45, 7) is 9.97. The van der Waals surface area contributed by atoms with E-state index in [4.69, 9.17) is 26.1 Å². The fraction of sp³-hybridized carbons (Fsp3) is 0.472. The number of aliphatic carboxylic acids is 1. The highest BCUT2D eigenvalue weighted by atomic mass is 35.5. The van der Waals surface area contributed by atoms with Gasteiger partial charge in [-0.3, -0.25) is 14.9 Å². The molecule has 1 amide bonds. The number of hydrogen-bond donors (Lipinski definition) is 3. The highest BCUT2D eigenvalue weighted by Crippen LogP contribution is 2.43. The maximum Gasteiger partial charge on any atom is 0.323 e. The molecule has 1 saturated carbocycles. The van der Waals surface area contributed by atoms with Crippen LogP contribution in [0.4, 0.5) is 5.13 Å². The summed E-state index contributed by atoms with van der Waals surface area (Å²) < 4.78 is 12.7. The monoisotopic (exact) mass is 682 g/mol. The van der Waals surface area contributed by atoms with Gasteiger partial charge in [-0.1, -0.05) is 69.2 Å². The third kappa shape index (κ3) is 9.06. The van der Waals surface area contributed by atoms with E-state index in [0.717, 1.165) is 64.1 Å². The van der Waals surface area contributed by atoms with Crippen molar-refractivity contribution in [3.8, 4) is 22.8 Å². The molecule has 0 radical (unpaired) electrons. The van der Waals surface area contributed by atoms with Gasteiger partial charge in [0, 0.05) is 21.9 Å². The Bertz CT molecular complexity index is 1690. The van der Waals surface area contributed by atoms with Crippen LogP contribution >= 0.6 is 22.9 Å². The summed E-state index contributed by atoms with van der Waals surface area (Å²) in [5, 5.41) is 17.4. The molecule has 11 heteroatoms. The van der Waals surface area contributed by atoms with E-state index in [2.05, 4.69) is 24.5 Å². The van der Waals surface area contributed by atoms with E-state index in [-0.39, 0.29) is 12.2 Å². The molecule has 1 aliphatic rings. The lowest BCUT2D eigenvalue weighted by Gasteiger charge is -2.21. The van der Waals surface area contributed by atoms with Crippen molar-refractivity contribution in [1.29, 1.82) is 0 Å². The van der Waals surface area contributed by atoms with E-state index in [0.29, 0.717) is 27.6 Å². The molecule has 2 heterocycles. The van der Waals surface area contributed by atoms with Crippen molar-refractivity contribution in [3.05, 3.63) is 57.1 Å². The molecule has 2 aromatic carbocycles. The topological polar surface area (TPSA) is 115 Å². The van der Waals surface area contributed by atoms with Crippen molar-refractivity contribution in [2.24, 2.45) is 5.92 Å². The number of nitrogens with zero attached hydrogens (tertiary/aromatic N) is 2. The van der Waals surface area contributed by atoms with Crippen LogP contribution in [0.3, 0.4) is 0 Å². The molecule has 3 N–H and O–H groups in total. The van der Waals surface area contributed by atoms with Crippen LogP contribution < -0.4 is 20.1 Å². The number of rotatable bonds is 12. The second-order valence-corrected chi connectivity index (χ2v) is 13.5. The quantitative estimate of drug-likeness (QED) is 0.137. The number of hydrogen-bond acceptors (Lipinski definition) is 7. The van der Waals surface area contributed by atoms with Gasteiger partial charge in [-0.25, -0.2) is 4.98 Å². The fourth-order valence-electron chi connectivity index (χ4n) is 6.36. The van der Waals surface area contributed by atoms with E-state index in [1.807, 2.05) is 32.0 Å². The first kappa shape index (κ1) is 36.2. The molecule has 2 aromatic heterocycles. The zero-order valence-corrected chi connectivity index (χ0v) is 29.9. The standard InChI is InChI=1S/C32H36ClN3O5S.C4H11N/c1-18-12-19(2)30-21(13-18)14-24(36(30)17-28(37)38)31(39)35-32-34-29(22-15-26(41-4)23(33)16-25(22)40-3)27(42-32)11-10-20-8-6-5-7-9-20;1-3-5-4-2/h12-16,20H,5-11,17H2,1-4H3,(H,37,38)(H,34,35,39);5H,3-4H2,1-2H3. The van der Waals surface area contributed by atoms with Gasteiger partial charge >= 0.3 is 5.97 Å². The predicted molar refractivity (Wildman–Crippen MR) is 192 cm³/mol. The van der Waals surface area contributed by atoms with Crippen LogP contribution in [0.25, 0.3) is 22.2 Å². The summed E-state index contributed by atoms with van der Waals surface area (Å²) in [5.41, 5.74) is 4.41. The number of carboxylic acids is 1. The molecule has 4 aromatic rings. The molecule has 0 aliphatic heterocycles. The normalized spacial score (nSPS) is 13.3. The average molecular weight is 683 g/mol. The molecule has 0 bridgehead atoms. The predicted octanol–water partition coefficient (Wildman–Crippen LogP) is 8.52. The first-order valence-corrected chi connectivity index (χ1v) is 17.5. The minimum absolute atomic E-state index is 0.271. The number of ether oxygens (including phenoxy) is 2. The van der Waals surface area contributed by atoms with Gasteiger partial charge < -0.3 is 24.5 Å². The summed E-state index contributed by atoms with van der Waals surface area (Å²) >= 11 is 7.83. The molecule has 0 saturated heterocycles. The van der Waals surface area contributed by atoms with Crippen molar-refractivity contribution < 1.29 is 24.2 Å². The van der Waals surface area contributed by atoms with Crippen LogP contribution in [0, 0.1) is 19.8 Å². The lowest BCUT2D eigenvalue weighted by molar-refractivity contribution is -0.137. The Morgan fingerprint density at radius 1 is 1.02 bits per heavy atom. The number of carbonyl (C=O) groups is 2. The van der Waals surface area contributed by atoms with Gasteiger partial charge in [0.15, 0.2) is 5.13 Å². The maximum absolute atomic E-state index is 13.7. The van der Waals surface area contributed by atoms with E-state index in [9.17, 15) is 14.7 Å². The van der Waals surface area contributed by atoms with Gasteiger partial charge in [-0.2, -0.15) is 0 Å². The average Bonchev–Trinajstić information content (AvgIpc) is 3.61. The molecule has 5 rings (SSSR count). The van der Waals surface area contributed by atoms with E-state index < -0.39 is 11.9 Å². The highest BCUT2D eigenvalue weighted by Gasteiger charge is 2.24. The second kappa shape index (κ2) is 17.0. The minimum Gasteiger partial charge on any atom is -0.496 e. The van der Waals surface area contributed by atoms with Crippen molar-refractivity contribution in [3.63, 3.8) is 0 Å². The third-order valence-electron chi connectivity index (χ3n) is 8.50. The SMILES string of the molecule is CCNCC.COc1cc(-c2nc(NC(=O)c3cc4cc(C)cc(C)c4n3CC(=O)O)sc2CCC2CCCCC2)c(OC)cc1Cl. The first-order chi connectivity index (χ1) is 22.6. The molecule has 0 atom stereocenters. The number of aromatic nitrogens is 2. The number of fused-ring (bicyclic) bond motifs is 1. The van der Waals surface area contributed by atoms with Gasteiger partial charge in [-0.15, -0.1) is 11.3 Å². The number of nitrogens with one attached hydrogen (secondary N) is 2. The molecule has 0 unspecified atom stereocenters. The molecule has 1 fully saturated rings. The van der Waals surface area contributed by atoms with Gasteiger partial charge in [0.25, 0.3) is 5.91 Å². The number of thiazole rings is 1. The number of amides is 1. The van der Waals surface area contributed by atoms with Crippen LogP contribution in [0.15, 0.2) is 30.3 Å². The third-order valence-corrected chi connectivity index (χ3v) is 9.83. The van der Waals surface area contributed by atoms with E-state index >= 15 is 0 Å². The van der Waals surface area contributed by atoms with Crippen LogP contribution in [-0.2, 0) is 17.8 Å². The number of aryl methyl sites for hydroxylation is 3. The van der Waals surface area contributed by atoms with E-state index in [1.165, 1.54) is 43.4 Å². The highest BCUT2D eigenvalue weighted by molar-refractivity contribution is 7.16. The lowest BCUT2D eigenvalue weighted by atomic mass is 9.86. The Hall–Kier alpha value is -3.60. The molecular formula is C36H47ClN4O5S. The van der Waals surface area contributed by atoms with Gasteiger partial charge in [0.1, 0.15) is 23.7 Å². The first-order valence-electron chi connectivity index (χ1n) is 16.4. The van der Waals surface area contributed by atoms with Gasteiger partial charge in [-0.05, 0) is 69.5 Å². The largest absolute Gasteiger partial charge is 0.496 e. The lowest BCUT2D eigenvalue weighted by Crippen LogP contribution is -2.20. The van der Waals surface area contributed by atoms with Gasteiger partial charge in [0.2, 0.25) is 0 Å². The van der Waals surface area contributed by atoms with E-state index in [1.54, 1.807) is 30.9 Å². The zero-order chi connectivity index (χ0) is 34.1. The van der Waals surface area contributed by atoms with Crippen molar-refractivity contribution in [1.82, 2.24) is 14.9 Å². The fourth-order valence-corrected chi connectivity index (χ4v) is 7.57. The Morgan fingerprint density at radius 2 is 1.72 bits per heavy atom.